The van der Waals surface area contributed by atoms with E-state index in [9.17, 15) is 13.2 Å². The number of carbonyl (C=O) groups is 1. The summed E-state index contributed by atoms with van der Waals surface area (Å²) in [4.78, 5) is 18.4. The lowest BCUT2D eigenvalue weighted by Crippen LogP contribution is -2.20. The van der Waals surface area contributed by atoms with E-state index in [1.807, 2.05) is 65.2 Å². The van der Waals surface area contributed by atoms with E-state index < -0.39 is 9.84 Å². The van der Waals surface area contributed by atoms with Crippen LogP contribution in [0.2, 0.25) is 0 Å². The van der Waals surface area contributed by atoms with E-state index in [1.54, 1.807) is 25.3 Å². The maximum Gasteiger partial charge on any atom is 0.249 e. The van der Waals surface area contributed by atoms with Crippen molar-refractivity contribution in [1.29, 1.82) is 0 Å². The van der Waals surface area contributed by atoms with Gasteiger partial charge in [0.1, 0.15) is 0 Å². The molecule has 0 bridgehead atoms. The SMILES string of the molecule is COCCn1c(=NC(=O)CC(c2ccccc2)c2ccccc2)sc2cc(S(C)(=O)=O)ccc21. The van der Waals surface area contributed by atoms with Gasteiger partial charge in [0.15, 0.2) is 14.6 Å². The zero-order chi connectivity index (χ0) is 24.1. The number of nitrogens with zero attached hydrogens (tertiary/aromatic N) is 2. The van der Waals surface area contributed by atoms with Crippen LogP contribution < -0.4 is 4.80 Å². The summed E-state index contributed by atoms with van der Waals surface area (Å²) in [5, 5.41) is 0. The number of hydrogen-bond acceptors (Lipinski definition) is 5. The summed E-state index contributed by atoms with van der Waals surface area (Å²) in [5.74, 6) is -0.351. The standard InChI is InChI=1S/C26H26N2O4S2/c1-32-16-15-28-23-14-13-21(34(2,30)31)17-24(23)33-26(28)27-25(29)18-22(19-9-5-3-6-10-19)20-11-7-4-8-12-20/h3-14,17,22H,15-16,18H2,1-2H3. The van der Waals surface area contributed by atoms with Gasteiger partial charge in [-0.2, -0.15) is 4.99 Å². The van der Waals surface area contributed by atoms with Crippen LogP contribution in [-0.2, 0) is 25.9 Å². The van der Waals surface area contributed by atoms with Crippen molar-refractivity contribution in [3.8, 4) is 0 Å². The molecule has 0 radical (unpaired) electrons. The van der Waals surface area contributed by atoms with Crippen molar-refractivity contribution in [3.63, 3.8) is 0 Å². The van der Waals surface area contributed by atoms with Crippen molar-refractivity contribution >= 4 is 37.3 Å². The highest BCUT2D eigenvalue weighted by atomic mass is 32.2. The van der Waals surface area contributed by atoms with E-state index in [2.05, 4.69) is 4.99 Å². The molecule has 1 amide bonds. The Morgan fingerprint density at radius 3 is 2.18 bits per heavy atom. The average Bonchev–Trinajstić information content (AvgIpc) is 3.17. The Balaban J connectivity index is 1.74. The molecule has 0 fully saturated rings. The van der Waals surface area contributed by atoms with Crippen LogP contribution in [-0.4, -0.2) is 38.9 Å². The maximum absolute atomic E-state index is 13.2. The average molecular weight is 495 g/mol. The lowest BCUT2D eigenvalue weighted by Gasteiger charge is -2.16. The minimum Gasteiger partial charge on any atom is -0.383 e. The first kappa shape index (κ1) is 24.1. The Kier molecular flexibility index (Phi) is 7.41. The van der Waals surface area contributed by atoms with E-state index >= 15 is 0 Å². The number of aromatic nitrogens is 1. The van der Waals surface area contributed by atoms with E-state index in [4.69, 9.17) is 4.74 Å². The minimum absolute atomic E-state index is 0.114. The van der Waals surface area contributed by atoms with Crippen LogP contribution in [0.3, 0.4) is 0 Å². The van der Waals surface area contributed by atoms with Crippen LogP contribution in [0.15, 0.2) is 88.8 Å². The third kappa shape index (κ3) is 5.52. The first-order chi connectivity index (χ1) is 16.4. The van der Waals surface area contributed by atoms with Gasteiger partial charge in [0.2, 0.25) is 5.91 Å². The lowest BCUT2D eigenvalue weighted by atomic mass is 9.88. The number of amides is 1. The van der Waals surface area contributed by atoms with Gasteiger partial charge >= 0.3 is 0 Å². The molecule has 0 aliphatic rings. The number of methoxy groups -OCH3 is 1. The van der Waals surface area contributed by atoms with Crippen LogP contribution in [0, 0.1) is 0 Å². The van der Waals surface area contributed by atoms with Crippen molar-refractivity contribution in [2.45, 2.75) is 23.8 Å². The molecule has 0 aliphatic carbocycles. The van der Waals surface area contributed by atoms with Crippen molar-refractivity contribution in [2.24, 2.45) is 4.99 Å². The minimum atomic E-state index is -3.34. The first-order valence-electron chi connectivity index (χ1n) is 10.9. The third-order valence-electron chi connectivity index (χ3n) is 5.60. The second kappa shape index (κ2) is 10.5. The Bertz CT molecular complexity index is 1420. The van der Waals surface area contributed by atoms with Gasteiger partial charge < -0.3 is 9.30 Å². The number of rotatable bonds is 8. The van der Waals surface area contributed by atoms with Gasteiger partial charge in [-0.25, -0.2) is 8.42 Å². The first-order valence-corrected chi connectivity index (χ1v) is 13.6. The summed E-state index contributed by atoms with van der Waals surface area (Å²) in [7, 11) is -1.73. The highest BCUT2D eigenvalue weighted by molar-refractivity contribution is 7.90. The van der Waals surface area contributed by atoms with Gasteiger partial charge in [-0.3, -0.25) is 4.79 Å². The van der Waals surface area contributed by atoms with Crippen molar-refractivity contribution in [3.05, 3.63) is 94.8 Å². The number of sulfone groups is 1. The number of carbonyl (C=O) groups excluding carboxylic acids is 1. The zero-order valence-electron chi connectivity index (χ0n) is 19.0. The maximum atomic E-state index is 13.2. The molecule has 0 aliphatic heterocycles. The zero-order valence-corrected chi connectivity index (χ0v) is 20.7. The molecule has 6 nitrogen and oxygen atoms in total. The largest absolute Gasteiger partial charge is 0.383 e. The predicted molar refractivity (Wildman–Crippen MR) is 135 cm³/mol. The molecular formula is C26H26N2O4S2. The summed E-state index contributed by atoms with van der Waals surface area (Å²) in [6.45, 7) is 0.944. The smallest absolute Gasteiger partial charge is 0.249 e. The molecular weight excluding hydrogens is 468 g/mol. The van der Waals surface area contributed by atoms with E-state index in [-0.39, 0.29) is 23.1 Å². The monoisotopic (exact) mass is 494 g/mol. The van der Waals surface area contributed by atoms with Crippen LogP contribution in [0.25, 0.3) is 10.2 Å². The Morgan fingerprint density at radius 2 is 1.62 bits per heavy atom. The molecule has 34 heavy (non-hydrogen) atoms. The number of fused-ring (bicyclic) bond motifs is 1. The summed E-state index contributed by atoms with van der Waals surface area (Å²) < 4.78 is 31.9. The Morgan fingerprint density at radius 1 is 1.00 bits per heavy atom. The molecule has 4 aromatic rings. The molecule has 0 unspecified atom stereocenters. The van der Waals surface area contributed by atoms with E-state index in [1.165, 1.54) is 17.6 Å². The van der Waals surface area contributed by atoms with Gasteiger partial charge in [-0.15, -0.1) is 0 Å². The van der Waals surface area contributed by atoms with Crippen LogP contribution in [0.5, 0.6) is 0 Å². The fourth-order valence-electron chi connectivity index (χ4n) is 3.89. The fourth-order valence-corrected chi connectivity index (χ4v) is 5.73. The molecule has 3 aromatic carbocycles. The molecule has 1 heterocycles. The van der Waals surface area contributed by atoms with Crippen LogP contribution in [0.4, 0.5) is 0 Å². The molecule has 0 N–H and O–H groups in total. The van der Waals surface area contributed by atoms with Crippen molar-refractivity contribution in [1.82, 2.24) is 4.57 Å². The number of hydrogen-bond donors (Lipinski definition) is 0. The highest BCUT2D eigenvalue weighted by Crippen LogP contribution is 2.28. The molecule has 0 saturated carbocycles. The summed E-state index contributed by atoms with van der Waals surface area (Å²) in [5.41, 5.74) is 2.93. The van der Waals surface area contributed by atoms with Gasteiger partial charge in [0.05, 0.1) is 21.7 Å². The van der Waals surface area contributed by atoms with E-state index in [0.717, 1.165) is 21.3 Å². The fraction of sp³-hybridized carbons (Fsp3) is 0.231. The molecule has 1 aromatic heterocycles. The highest BCUT2D eigenvalue weighted by Gasteiger charge is 2.19. The molecule has 0 spiro atoms. The quantitative estimate of drug-likeness (QED) is 0.364. The van der Waals surface area contributed by atoms with E-state index in [0.29, 0.717) is 18.0 Å². The van der Waals surface area contributed by atoms with Crippen molar-refractivity contribution < 1.29 is 17.9 Å². The second-order valence-electron chi connectivity index (χ2n) is 8.01. The Labute approximate surface area is 203 Å². The van der Waals surface area contributed by atoms with Crippen LogP contribution >= 0.6 is 11.3 Å². The Hall–Kier alpha value is -3.07. The molecule has 0 saturated heterocycles. The van der Waals surface area contributed by atoms with Gasteiger partial charge in [-0.05, 0) is 29.3 Å². The molecule has 4 rings (SSSR count). The van der Waals surface area contributed by atoms with Gasteiger partial charge in [0.25, 0.3) is 0 Å². The number of ether oxygens (including phenoxy) is 1. The van der Waals surface area contributed by atoms with Crippen LogP contribution in [0.1, 0.15) is 23.5 Å². The van der Waals surface area contributed by atoms with Gasteiger partial charge in [0, 0.05) is 32.2 Å². The molecule has 176 valence electrons. The topological polar surface area (TPSA) is 77.7 Å². The lowest BCUT2D eigenvalue weighted by molar-refractivity contribution is -0.118. The third-order valence-corrected chi connectivity index (χ3v) is 7.76. The normalized spacial score (nSPS) is 12.5. The summed E-state index contributed by atoms with van der Waals surface area (Å²) in [6, 6.07) is 24.9. The predicted octanol–water partition coefficient (Wildman–Crippen LogP) is 4.40. The second-order valence-corrected chi connectivity index (χ2v) is 11.0. The molecule has 0 atom stereocenters. The summed E-state index contributed by atoms with van der Waals surface area (Å²) in [6.07, 6.45) is 1.41. The number of thiazole rings is 1. The van der Waals surface area contributed by atoms with Crippen molar-refractivity contribution in [2.75, 3.05) is 20.0 Å². The van der Waals surface area contributed by atoms with Gasteiger partial charge in [-0.1, -0.05) is 72.0 Å². The molecule has 8 heteroatoms. The summed E-state index contributed by atoms with van der Waals surface area (Å²) >= 11 is 1.31. The number of benzene rings is 3.